The normalized spacial score (nSPS) is 25.4. The number of carbonyl (C=O) groups is 1. The van der Waals surface area contributed by atoms with Crippen LogP contribution in [0, 0.1) is 11.8 Å². The fourth-order valence-corrected chi connectivity index (χ4v) is 2.28. The van der Waals surface area contributed by atoms with Crippen molar-refractivity contribution in [1.29, 1.82) is 0 Å². The minimum absolute atomic E-state index is 0.0195. The first-order valence-electron chi connectivity index (χ1n) is 6.56. The van der Waals surface area contributed by atoms with Crippen molar-refractivity contribution < 1.29 is 9.53 Å². The van der Waals surface area contributed by atoms with Crippen LogP contribution in [0.2, 0.25) is 0 Å². The molecule has 1 aliphatic rings. The van der Waals surface area contributed by atoms with Crippen LogP contribution >= 0.6 is 0 Å². The van der Waals surface area contributed by atoms with E-state index >= 15 is 0 Å². The third-order valence-electron chi connectivity index (χ3n) is 3.45. The monoisotopic (exact) mass is 227 g/mol. The first-order chi connectivity index (χ1) is 7.72. The van der Waals surface area contributed by atoms with E-state index in [4.69, 9.17) is 4.74 Å². The molecule has 0 bridgehead atoms. The number of carbonyl (C=O) groups excluding carboxylic acids is 1. The second-order valence-electron chi connectivity index (χ2n) is 4.90. The van der Waals surface area contributed by atoms with Crippen molar-refractivity contribution >= 4 is 5.91 Å². The van der Waals surface area contributed by atoms with E-state index in [0.29, 0.717) is 6.61 Å². The summed E-state index contributed by atoms with van der Waals surface area (Å²) in [6.45, 7) is 5.85. The van der Waals surface area contributed by atoms with Gasteiger partial charge in [0.05, 0.1) is 0 Å². The molecule has 3 heteroatoms. The molecule has 3 nitrogen and oxygen atoms in total. The van der Waals surface area contributed by atoms with E-state index in [-0.39, 0.29) is 12.5 Å². The number of rotatable bonds is 6. The standard InChI is InChI=1S/C13H25NO2/c1-3-16-10-13(15)14-9-8-12-6-4-11(2)5-7-12/h11-12H,3-10H2,1-2H3,(H,14,15). The van der Waals surface area contributed by atoms with Gasteiger partial charge in [0.15, 0.2) is 0 Å². The van der Waals surface area contributed by atoms with Gasteiger partial charge < -0.3 is 10.1 Å². The minimum Gasteiger partial charge on any atom is -0.372 e. The predicted molar refractivity (Wildman–Crippen MR) is 65.2 cm³/mol. The van der Waals surface area contributed by atoms with Gasteiger partial charge in [-0.1, -0.05) is 32.6 Å². The summed E-state index contributed by atoms with van der Waals surface area (Å²) >= 11 is 0. The van der Waals surface area contributed by atoms with Gasteiger partial charge in [0.25, 0.3) is 0 Å². The molecule has 1 amide bonds. The summed E-state index contributed by atoms with van der Waals surface area (Å²) in [4.78, 5) is 11.3. The van der Waals surface area contributed by atoms with E-state index < -0.39 is 0 Å². The van der Waals surface area contributed by atoms with Crippen LogP contribution in [0.1, 0.15) is 46.0 Å². The van der Waals surface area contributed by atoms with Crippen LogP contribution in [-0.2, 0) is 9.53 Å². The maximum absolute atomic E-state index is 11.3. The molecule has 0 heterocycles. The largest absolute Gasteiger partial charge is 0.372 e. The maximum Gasteiger partial charge on any atom is 0.245 e. The van der Waals surface area contributed by atoms with Crippen LogP contribution in [-0.4, -0.2) is 25.7 Å². The molecule has 0 aromatic heterocycles. The fourth-order valence-electron chi connectivity index (χ4n) is 2.28. The van der Waals surface area contributed by atoms with Crippen molar-refractivity contribution in [3.8, 4) is 0 Å². The molecule has 1 saturated carbocycles. The average molecular weight is 227 g/mol. The molecule has 0 aromatic carbocycles. The van der Waals surface area contributed by atoms with Crippen LogP contribution in [0.4, 0.5) is 0 Å². The Kier molecular flexibility index (Phi) is 6.46. The SMILES string of the molecule is CCOCC(=O)NCCC1CCC(C)CC1. The quantitative estimate of drug-likeness (QED) is 0.756. The van der Waals surface area contributed by atoms with Crippen LogP contribution in [0.25, 0.3) is 0 Å². The van der Waals surface area contributed by atoms with E-state index in [2.05, 4.69) is 12.2 Å². The molecule has 1 rings (SSSR count). The van der Waals surface area contributed by atoms with E-state index in [0.717, 1.165) is 24.8 Å². The summed E-state index contributed by atoms with van der Waals surface area (Å²) in [5.41, 5.74) is 0. The summed E-state index contributed by atoms with van der Waals surface area (Å²) in [5.74, 6) is 1.75. The zero-order valence-electron chi connectivity index (χ0n) is 10.6. The summed E-state index contributed by atoms with van der Waals surface area (Å²) in [6.07, 6.45) is 6.52. The Labute approximate surface area is 98.9 Å². The molecule has 0 aliphatic heterocycles. The van der Waals surface area contributed by atoms with Crippen molar-refractivity contribution in [3.63, 3.8) is 0 Å². The van der Waals surface area contributed by atoms with Crippen LogP contribution in [0.15, 0.2) is 0 Å². The van der Waals surface area contributed by atoms with Crippen LogP contribution in [0.5, 0.6) is 0 Å². The van der Waals surface area contributed by atoms with E-state index in [1.807, 2.05) is 6.92 Å². The Hall–Kier alpha value is -0.570. The Morgan fingerprint density at radius 1 is 1.31 bits per heavy atom. The third-order valence-corrected chi connectivity index (χ3v) is 3.45. The molecule has 0 unspecified atom stereocenters. The fraction of sp³-hybridized carbons (Fsp3) is 0.923. The first-order valence-corrected chi connectivity index (χ1v) is 6.56. The van der Waals surface area contributed by atoms with Gasteiger partial charge in [-0.2, -0.15) is 0 Å². The van der Waals surface area contributed by atoms with Gasteiger partial charge in [0, 0.05) is 13.2 Å². The summed E-state index contributed by atoms with van der Waals surface area (Å²) in [7, 11) is 0. The topological polar surface area (TPSA) is 38.3 Å². The second-order valence-corrected chi connectivity index (χ2v) is 4.90. The van der Waals surface area contributed by atoms with Crippen molar-refractivity contribution in [3.05, 3.63) is 0 Å². The lowest BCUT2D eigenvalue weighted by atomic mass is 9.81. The van der Waals surface area contributed by atoms with Crippen molar-refractivity contribution in [2.75, 3.05) is 19.8 Å². The van der Waals surface area contributed by atoms with Crippen molar-refractivity contribution in [2.24, 2.45) is 11.8 Å². The maximum atomic E-state index is 11.3. The van der Waals surface area contributed by atoms with E-state index in [1.54, 1.807) is 0 Å². The highest BCUT2D eigenvalue weighted by molar-refractivity contribution is 5.77. The molecule has 0 atom stereocenters. The average Bonchev–Trinajstić information content (AvgIpc) is 2.29. The number of hydrogen-bond acceptors (Lipinski definition) is 2. The van der Waals surface area contributed by atoms with E-state index in [1.165, 1.54) is 25.7 Å². The highest BCUT2D eigenvalue weighted by Gasteiger charge is 2.17. The summed E-state index contributed by atoms with van der Waals surface area (Å²) < 4.78 is 5.04. The lowest BCUT2D eigenvalue weighted by molar-refractivity contribution is -0.125. The number of amides is 1. The zero-order valence-corrected chi connectivity index (χ0v) is 10.6. The molecule has 1 fully saturated rings. The van der Waals surface area contributed by atoms with Gasteiger partial charge in [-0.3, -0.25) is 4.79 Å². The van der Waals surface area contributed by atoms with Gasteiger partial charge in [0.1, 0.15) is 6.61 Å². The second kappa shape index (κ2) is 7.66. The lowest BCUT2D eigenvalue weighted by Gasteiger charge is -2.26. The molecule has 0 radical (unpaired) electrons. The highest BCUT2D eigenvalue weighted by Crippen LogP contribution is 2.29. The number of nitrogens with one attached hydrogen (secondary N) is 1. The zero-order chi connectivity index (χ0) is 11.8. The van der Waals surface area contributed by atoms with Gasteiger partial charge in [-0.15, -0.1) is 0 Å². The first kappa shape index (κ1) is 13.5. The van der Waals surface area contributed by atoms with Gasteiger partial charge in [-0.25, -0.2) is 0 Å². The molecular weight excluding hydrogens is 202 g/mol. The van der Waals surface area contributed by atoms with E-state index in [9.17, 15) is 4.79 Å². The molecule has 0 aromatic rings. The van der Waals surface area contributed by atoms with Gasteiger partial charge in [-0.05, 0) is 25.2 Å². The Morgan fingerprint density at radius 2 is 2.00 bits per heavy atom. The van der Waals surface area contributed by atoms with Crippen LogP contribution < -0.4 is 5.32 Å². The molecular formula is C13H25NO2. The molecule has 1 N–H and O–H groups in total. The number of hydrogen-bond donors (Lipinski definition) is 1. The Balaban J connectivity index is 2.00. The van der Waals surface area contributed by atoms with Gasteiger partial charge in [0.2, 0.25) is 5.91 Å². The smallest absolute Gasteiger partial charge is 0.245 e. The molecule has 16 heavy (non-hydrogen) atoms. The Morgan fingerprint density at radius 3 is 2.62 bits per heavy atom. The lowest BCUT2D eigenvalue weighted by Crippen LogP contribution is -2.30. The third kappa shape index (κ3) is 5.50. The predicted octanol–water partition coefficient (Wildman–Crippen LogP) is 2.36. The Bertz CT molecular complexity index is 198. The van der Waals surface area contributed by atoms with Gasteiger partial charge >= 0.3 is 0 Å². The van der Waals surface area contributed by atoms with Crippen molar-refractivity contribution in [1.82, 2.24) is 5.32 Å². The molecule has 0 spiro atoms. The number of ether oxygens (including phenoxy) is 1. The minimum atomic E-state index is 0.0195. The highest BCUT2D eigenvalue weighted by atomic mass is 16.5. The molecule has 94 valence electrons. The molecule has 0 saturated heterocycles. The van der Waals surface area contributed by atoms with Crippen molar-refractivity contribution in [2.45, 2.75) is 46.0 Å². The summed E-state index contributed by atoms with van der Waals surface area (Å²) in [5, 5.41) is 2.91. The summed E-state index contributed by atoms with van der Waals surface area (Å²) in [6, 6.07) is 0. The van der Waals surface area contributed by atoms with Crippen LogP contribution in [0.3, 0.4) is 0 Å². The molecule has 1 aliphatic carbocycles.